The van der Waals surface area contributed by atoms with Gasteiger partial charge < -0.3 is 0 Å². The Labute approximate surface area is 67.4 Å². The lowest BCUT2D eigenvalue weighted by Crippen LogP contribution is -2.93. The highest BCUT2D eigenvalue weighted by Gasteiger charge is 3.00. The summed E-state index contributed by atoms with van der Waals surface area (Å²) >= 11 is 0. The molecule has 0 amide bonds. The van der Waals surface area contributed by atoms with Gasteiger partial charge in [-0.1, -0.05) is 13.8 Å². The highest BCUT2D eigenvalue weighted by Crippen LogP contribution is 3.04. The van der Waals surface area contributed by atoms with E-state index in [1.165, 1.54) is 35.5 Å². The van der Waals surface area contributed by atoms with Crippen molar-refractivity contribution in [2.45, 2.75) is 20.3 Å². The van der Waals surface area contributed by atoms with E-state index in [4.69, 9.17) is 0 Å². The molecule has 4 unspecified atom stereocenters. The van der Waals surface area contributed by atoms with E-state index in [2.05, 4.69) is 13.8 Å². The van der Waals surface area contributed by atoms with Crippen LogP contribution in [-0.2, 0) is 0 Å². The first-order valence-corrected chi connectivity index (χ1v) is 5.22. The smallest absolute Gasteiger partial charge is 0.0198 e. The van der Waals surface area contributed by atoms with Crippen LogP contribution in [0.1, 0.15) is 20.3 Å². The van der Waals surface area contributed by atoms with Crippen LogP contribution in [0.15, 0.2) is 0 Å². The second kappa shape index (κ2) is 0.843. The summed E-state index contributed by atoms with van der Waals surface area (Å²) in [7, 11) is 0. The fourth-order valence-electron chi connectivity index (χ4n) is 7.13. The minimum absolute atomic E-state index is 0.889. The molecule has 0 N–H and O–H groups in total. The lowest BCUT2D eigenvalue weighted by atomic mass is 9.08. The van der Waals surface area contributed by atoms with Crippen molar-refractivity contribution in [3.05, 3.63) is 0 Å². The maximum absolute atomic E-state index is 2.59. The van der Waals surface area contributed by atoms with Crippen LogP contribution in [0.25, 0.3) is 0 Å². The maximum Gasteiger partial charge on any atom is -0.0198 e. The van der Waals surface area contributed by atoms with Crippen molar-refractivity contribution in [3.63, 3.8) is 0 Å². The Kier molecular flexibility index (Phi) is 0.375. The molecule has 6 aliphatic carbocycles. The molecule has 0 aromatic rings. The number of hydrogen-bond donors (Lipinski definition) is 0. The molecule has 0 aromatic heterocycles. The molecule has 0 radical (unpaired) electrons. The van der Waals surface area contributed by atoms with Crippen molar-refractivity contribution < 1.29 is 0 Å². The van der Waals surface area contributed by atoms with Crippen LogP contribution in [0.5, 0.6) is 0 Å². The van der Waals surface area contributed by atoms with Crippen molar-refractivity contribution in [1.29, 1.82) is 0 Å². The molecule has 0 aromatic carbocycles. The van der Waals surface area contributed by atoms with Crippen molar-refractivity contribution in [3.8, 4) is 0 Å². The van der Waals surface area contributed by atoms with E-state index >= 15 is 0 Å². The number of rotatable bonds is 0. The summed E-state index contributed by atoms with van der Waals surface area (Å²) in [4.78, 5) is 0. The molecule has 0 heteroatoms. The Morgan fingerprint density at radius 1 is 0.818 bits per heavy atom. The summed E-state index contributed by atoms with van der Waals surface area (Å²) in [6.45, 7) is 5.18. The van der Waals surface area contributed by atoms with Crippen LogP contribution in [0.4, 0.5) is 0 Å². The fraction of sp³-hybridized carbons (Fsp3) is 1.00. The van der Waals surface area contributed by atoms with E-state index in [9.17, 15) is 0 Å². The van der Waals surface area contributed by atoms with E-state index in [1.807, 2.05) is 0 Å². The van der Waals surface area contributed by atoms with Gasteiger partial charge in [-0.25, -0.2) is 0 Å². The molecule has 6 saturated carbocycles. The van der Waals surface area contributed by atoms with Crippen molar-refractivity contribution >= 4 is 0 Å². The van der Waals surface area contributed by atoms with Crippen LogP contribution in [-0.4, -0.2) is 0 Å². The van der Waals surface area contributed by atoms with Gasteiger partial charge in [0.1, 0.15) is 0 Å². The first-order valence-electron chi connectivity index (χ1n) is 5.22. The number of hydrogen-bond acceptors (Lipinski definition) is 0. The molecule has 0 aliphatic heterocycles. The summed E-state index contributed by atoms with van der Waals surface area (Å²) in [5, 5.41) is 0. The lowest BCUT2D eigenvalue weighted by molar-refractivity contribution is -0.498. The molecule has 11 heavy (non-hydrogen) atoms. The third-order valence-corrected chi connectivity index (χ3v) is 7.09. The van der Waals surface area contributed by atoms with Crippen LogP contribution in [0.2, 0.25) is 0 Å². The summed E-state index contributed by atoms with van der Waals surface area (Å²) in [5.41, 5.74) is 1.78. The first-order chi connectivity index (χ1) is 5.22. The zero-order valence-corrected chi connectivity index (χ0v) is 7.17. The molecule has 0 spiro atoms. The summed E-state index contributed by atoms with van der Waals surface area (Å²) in [6.07, 6.45) is 1.65. The van der Waals surface area contributed by atoms with Crippen molar-refractivity contribution in [2.24, 2.45) is 46.3 Å². The van der Waals surface area contributed by atoms with Crippen molar-refractivity contribution in [1.82, 2.24) is 0 Å². The van der Waals surface area contributed by atoms with E-state index in [0.29, 0.717) is 0 Å². The Hall–Kier alpha value is 0. The molecule has 0 heterocycles. The van der Waals surface area contributed by atoms with Gasteiger partial charge in [-0.15, -0.1) is 0 Å². The predicted octanol–water partition coefficient (Wildman–Crippen LogP) is 2.15. The monoisotopic (exact) mass is 146 g/mol. The summed E-state index contributed by atoms with van der Waals surface area (Å²) < 4.78 is 0. The van der Waals surface area contributed by atoms with Crippen LogP contribution in [0, 0.1) is 46.3 Å². The van der Waals surface area contributed by atoms with Gasteiger partial charge in [-0.3, -0.25) is 0 Å². The zero-order chi connectivity index (χ0) is 7.17. The molecule has 6 aliphatic rings. The van der Waals surface area contributed by atoms with E-state index in [-0.39, 0.29) is 0 Å². The summed E-state index contributed by atoms with van der Waals surface area (Å²) in [6, 6.07) is 0. The highest BCUT2D eigenvalue weighted by molar-refractivity contribution is 5.47. The average Bonchev–Trinajstić information content (AvgIpc) is 2.40. The Balaban J connectivity index is 1.89. The molecule has 4 atom stereocenters. The quantitative estimate of drug-likeness (QED) is 0.491. The normalized spacial score (nSPS) is 96.5. The first kappa shape index (κ1) is 4.89. The molecule has 0 nitrogen and oxygen atoms in total. The molecule has 58 valence electrons. The average molecular weight is 146 g/mol. The third kappa shape index (κ3) is 0.172. The van der Waals surface area contributed by atoms with E-state index in [0.717, 1.165) is 10.8 Å². The van der Waals surface area contributed by atoms with Crippen LogP contribution < -0.4 is 0 Å². The summed E-state index contributed by atoms with van der Waals surface area (Å²) in [5.74, 6) is 7.39. The van der Waals surface area contributed by atoms with Gasteiger partial charge in [0.15, 0.2) is 0 Å². The standard InChI is InChI=1S/C11H14/c1-10-6-4-3-5-8(6)11(10,2)9(5)7(4)10/h4-9H,3H2,1-2H3. The highest BCUT2D eigenvalue weighted by atomic mass is 15.0. The zero-order valence-electron chi connectivity index (χ0n) is 7.17. The Morgan fingerprint density at radius 3 is 1.55 bits per heavy atom. The topological polar surface area (TPSA) is 0 Å². The van der Waals surface area contributed by atoms with Gasteiger partial charge >= 0.3 is 0 Å². The minimum Gasteiger partial charge on any atom is -0.0585 e. The van der Waals surface area contributed by atoms with Gasteiger partial charge in [0.05, 0.1) is 0 Å². The molecule has 0 saturated heterocycles. The van der Waals surface area contributed by atoms with Gasteiger partial charge in [0.25, 0.3) is 0 Å². The molecular formula is C11H14. The lowest BCUT2D eigenvalue weighted by Gasteiger charge is -2.96. The van der Waals surface area contributed by atoms with Crippen LogP contribution >= 0.6 is 0 Å². The van der Waals surface area contributed by atoms with Gasteiger partial charge in [-0.05, 0) is 52.8 Å². The molecule has 2 bridgehead atoms. The molecule has 6 fully saturated rings. The predicted molar refractivity (Wildman–Crippen MR) is 41.8 cm³/mol. The Morgan fingerprint density at radius 2 is 1.18 bits per heavy atom. The van der Waals surface area contributed by atoms with Crippen LogP contribution in [0.3, 0.4) is 0 Å². The minimum atomic E-state index is 0.889. The largest absolute Gasteiger partial charge is 0.0585 e. The Bertz CT molecular complexity index is 253. The molecular weight excluding hydrogens is 132 g/mol. The maximum atomic E-state index is 2.59. The molecule has 6 rings (SSSR count). The van der Waals surface area contributed by atoms with E-state index < -0.39 is 0 Å². The van der Waals surface area contributed by atoms with Crippen molar-refractivity contribution in [2.75, 3.05) is 0 Å². The fourth-order valence-corrected chi connectivity index (χ4v) is 7.13. The third-order valence-electron chi connectivity index (χ3n) is 7.09. The van der Waals surface area contributed by atoms with Gasteiger partial charge in [0.2, 0.25) is 0 Å². The SMILES string of the molecule is CC12C3C4CC5C3C1(C)C5C42. The van der Waals surface area contributed by atoms with Gasteiger partial charge in [-0.2, -0.15) is 0 Å². The van der Waals surface area contributed by atoms with Gasteiger partial charge in [0, 0.05) is 0 Å². The second-order valence-electron chi connectivity index (χ2n) is 6.23. The van der Waals surface area contributed by atoms with E-state index in [1.54, 1.807) is 6.42 Å². The second-order valence-corrected chi connectivity index (χ2v) is 6.23.